The molecule has 78 valence electrons. The Balaban J connectivity index is 2.64. The Morgan fingerprint density at radius 2 is 1.53 bits per heavy atom. The molecule has 0 aliphatic heterocycles. The van der Waals surface area contributed by atoms with E-state index in [-0.39, 0.29) is 5.82 Å². The fourth-order valence-corrected chi connectivity index (χ4v) is 2.86. The molecule has 0 aliphatic rings. The Labute approximate surface area is 90.8 Å². The van der Waals surface area contributed by atoms with Crippen molar-refractivity contribution in [2.45, 2.75) is 19.6 Å². The van der Waals surface area contributed by atoms with E-state index in [2.05, 4.69) is 37.8 Å². The summed E-state index contributed by atoms with van der Waals surface area (Å²) in [6.45, 7) is 6.90. The summed E-state index contributed by atoms with van der Waals surface area (Å²) in [6.07, 6.45) is 0. The fourth-order valence-electron chi connectivity index (χ4n) is 1.68. The summed E-state index contributed by atoms with van der Waals surface area (Å²) in [7, 11) is -1.29. The van der Waals surface area contributed by atoms with Crippen LogP contribution >= 0.6 is 0 Å². The maximum atomic E-state index is 13.1. The average Bonchev–Trinajstić information content (AvgIpc) is 2.15. The third kappa shape index (κ3) is 2.10. The third-order valence-corrected chi connectivity index (χ3v) is 4.71. The molecule has 0 N–H and O–H groups in total. The molecule has 0 nitrogen and oxygen atoms in total. The predicted molar refractivity (Wildman–Crippen MR) is 66.9 cm³/mol. The molecule has 0 radical (unpaired) electrons. The Morgan fingerprint density at radius 3 is 2.20 bits per heavy atom. The van der Waals surface area contributed by atoms with Crippen LogP contribution in [0.3, 0.4) is 0 Å². The highest BCUT2D eigenvalue weighted by molar-refractivity contribution is 6.88. The fraction of sp³-hybridized carbons (Fsp3) is 0.231. The first-order chi connectivity index (χ1) is 6.97. The van der Waals surface area contributed by atoms with Crippen molar-refractivity contribution in [1.82, 2.24) is 0 Å². The molecule has 0 atom stereocenters. The lowest BCUT2D eigenvalue weighted by atomic mass is 10.1. The molecule has 0 heterocycles. The van der Waals surface area contributed by atoms with Crippen LogP contribution in [0.25, 0.3) is 10.8 Å². The average molecular weight is 218 g/mol. The molecule has 2 rings (SSSR count). The summed E-state index contributed by atoms with van der Waals surface area (Å²) in [5.74, 6) is -0.157. The third-order valence-electron chi connectivity index (χ3n) is 2.67. The Kier molecular flexibility index (Phi) is 2.39. The normalized spacial score (nSPS) is 12.0. The van der Waals surface area contributed by atoms with Crippen molar-refractivity contribution in [3.8, 4) is 0 Å². The van der Waals surface area contributed by atoms with Crippen LogP contribution in [0, 0.1) is 5.82 Å². The topological polar surface area (TPSA) is 0 Å². The molecule has 0 aromatic heterocycles. The first kappa shape index (κ1) is 10.4. The van der Waals surface area contributed by atoms with Gasteiger partial charge in [-0.25, -0.2) is 4.39 Å². The first-order valence-corrected chi connectivity index (χ1v) is 8.67. The smallest absolute Gasteiger partial charge is 0.123 e. The molecule has 0 fully saturated rings. The van der Waals surface area contributed by atoms with Crippen LogP contribution in [-0.4, -0.2) is 8.07 Å². The maximum absolute atomic E-state index is 13.1. The van der Waals surface area contributed by atoms with E-state index in [1.54, 1.807) is 6.07 Å². The van der Waals surface area contributed by atoms with E-state index in [4.69, 9.17) is 0 Å². The SMILES string of the molecule is C[Si](C)(C)c1ccc2ccc(F)cc2c1. The second kappa shape index (κ2) is 3.45. The summed E-state index contributed by atoms with van der Waals surface area (Å²) in [4.78, 5) is 0. The van der Waals surface area contributed by atoms with Gasteiger partial charge < -0.3 is 0 Å². The number of rotatable bonds is 1. The van der Waals surface area contributed by atoms with Gasteiger partial charge in [0.15, 0.2) is 0 Å². The molecule has 0 spiro atoms. The summed E-state index contributed by atoms with van der Waals surface area (Å²) in [6, 6.07) is 11.3. The summed E-state index contributed by atoms with van der Waals surface area (Å²) in [5, 5.41) is 3.49. The molecule has 0 unspecified atom stereocenters. The molecule has 0 saturated heterocycles. The van der Waals surface area contributed by atoms with Crippen molar-refractivity contribution >= 4 is 24.0 Å². The van der Waals surface area contributed by atoms with Crippen LogP contribution in [0.1, 0.15) is 0 Å². The van der Waals surface area contributed by atoms with Crippen molar-refractivity contribution in [3.05, 3.63) is 42.2 Å². The lowest BCUT2D eigenvalue weighted by Gasteiger charge is -2.17. The van der Waals surface area contributed by atoms with Gasteiger partial charge in [-0.15, -0.1) is 0 Å². The second-order valence-corrected chi connectivity index (χ2v) is 10.0. The van der Waals surface area contributed by atoms with Gasteiger partial charge in [0, 0.05) is 0 Å². The Morgan fingerprint density at radius 1 is 0.867 bits per heavy atom. The van der Waals surface area contributed by atoms with E-state index < -0.39 is 8.07 Å². The van der Waals surface area contributed by atoms with Crippen LogP contribution < -0.4 is 5.19 Å². The van der Waals surface area contributed by atoms with E-state index in [0.29, 0.717) is 0 Å². The van der Waals surface area contributed by atoms with Crippen LogP contribution in [0.4, 0.5) is 4.39 Å². The molecule has 2 heteroatoms. The van der Waals surface area contributed by atoms with Crippen molar-refractivity contribution in [3.63, 3.8) is 0 Å². The molecule has 0 bridgehead atoms. The van der Waals surface area contributed by atoms with Crippen molar-refractivity contribution < 1.29 is 4.39 Å². The lowest BCUT2D eigenvalue weighted by Crippen LogP contribution is -2.37. The minimum absolute atomic E-state index is 0.157. The van der Waals surface area contributed by atoms with Crippen LogP contribution in [-0.2, 0) is 0 Å². The summed E-state index contributed by atoms with van der Waals surface area (Å²) in [5.41, 5.74) is 0. The number of fused-ring (bicyclic) bond motifs is 1. The number of halogens is 1. The van der Waals surface area contributed by atoms with Gasteiger partial charge in [0.1, 0.15) is 5.82 Å². The standard InChI is InChI=1S/C13H15FSi/c1-15(2,3)13-7-5-10-4-6-12(14)8-11(10)9-13/h4-9H,1-3H3. The molecular formula is C13H15FSi. The largest absolute Gasteiger partial charge is 0.207 e. The highest BCUT2D eigenvalue weighted by atomic mass is 28.3. The lowest BCUT2D eigenvalue weighted by molar-refractivity contribution is 0.630. The molecule has 2 aromatic rings. The van der Waals surface area contributed by atoms with Crippen LogP contribution in [0.15, 0.2) is 36.4 Å². The van der Waals surface area contributed by atoms with E-state index in [9.17, 15) is 4.39 Å². The molecule has 15 heavy (non-hydrogen) atoms. The van der Waals surface area contributed by atoms with E-state index in [1.165, 1.54) is 11.3 Å². The van der Waals surface area contributed by atoms with E-state index in [1.807, 2.05) is 6.07 Å². The minimum Gasteiger partial charge on any atom is -0.207 e. The van der Waals surface area contributed by atoms with Gasteiger partial charge in [0.05, 0.1) is 8.07 Å². The van der Waals surface area contributed by atoms with Gasteiger partial charge in [-0.1, -0.05) is 49.1 Å². The van der Waals surface area contributed by atoms with Crippen molar-refractivity contribution in [2.75, 3.05) is 0 Å². The van der Waals surface area contributed by atoms with Gasteiger partial charge >= 0.3 is 0 Å². The molecule has 2 aromatic carbocycles. The highest BCUT2D eigenvalue weighted by Gasteiger charge is 2.16. The molecule has 0 amide bonds. The monoisotopic (exact) mass is 218 g/mol. The second-order valence-electron chi connectivity index (χ2n) is 4.96. The van der Waals surface area contributed by atoms with Gasteiger partial charge in [-0.05, 0) is 22.9 Å². The van der Waals surface area contributed by atoms with Gasteiger partial charge in [-0.2, -0.15) is 0 Å². The maximum Gasteiger partial charge on any atom is 0.123 e. The number of hydrogen-bond donors (Lipinski definition) is 0. The quantitative estimate of drug-likeness (QED) is 0.642. The van der Waals surface area contributed by atoms with E-state index in [0.717, 1.165) is 10.8 Å². The molecule has 0 aliphatic carbocycles. The number of benzene rings is 2. The highest BCUT2D eigenvalue weighted by Crippen LogP contribution is 2.15. The van der Waals surface area contributed by atoms with Gasteiger partial charge in [-0.3, -0.25) is 0 Å². The molecule has 0 saturated carbocycles. The van der Waals surface area contributed by atoms with Gasteiger partial charge in [0.2, 0.25) is 0 Å². The molecular weight excluding hydrogens is 203 g/mol. The minimum atomic E-state index is -1.29. The predicted octanol–water partition coefficient (Wildman–Crippen LogP) is 3.52. The Bertz CT molecular complexity index is 497. The first-order valence-electron chi connectivity index (χ1n) is 5.17. The summed E-state index contributed by atoms with van der Waals surface area (Å²) < 4.78 is 13.1. The Hall–Kier alpha value is -1.15. The zero-order valence-corrected chi connectivity index (χ0v) is 10.3. The van der Waals surface area contributed by atoms with Crippen molar-refractivity contribution in [2.24, 2.45) is 0 Å². The zero-order chi connectivity index (χ0) is 11.1. The zero-order valence-electron chi connectivity index (χ0n) is 9.34. The number of hydrogen-bond acceptors (Lipinski definition) is 0. The van der Waals surface area contributed by atoms with E-state index >= 15 is 0 Å². The summed E-state index contributed by atoms with van der Waals surface area (Å²) >= 11 is 0. The van der Waals surface area contributed by atoms with Crippen LogP contribution in [0.5, 0.6) is 0 Å². The van der Waals surface area contributed by atoms with Crippen LogP contribution in [0.2, 0.25) is 19.6 Å². The van der Waals surface area contributed by atoms with Gasteiger partial charge in [0.25, 0.3) is 0 Å². The van der Waals surface area contributed by atoms with Crippen molar-refractivity contribution in [1.29, 1.82) is 0 Å².